The topological polar surface area (TPSA) is 12.0 Å². The Morgan fingerprint density at radius 2 is 1.88 bits per heavy atom. The van der Waals surface area contributed by atoms with Crippen LogP contribution in [0.15, 0.2) is 24.3 Å². The van der Waals surface area contributed by atoms with Crippen LogP contribution in [-0.4, -0.2) is 17.5 Å². The molecule has 0 aliphatic rings. The second-order valence-corrected chi connectivity index (χ2v) is 6.49. The van der Waals surface area contributed by atoms with Gasteiger partial charge in [-0.2, -0.15) is 11.8 Å². The SMILES string of the molecule is CCCNC(CSC(C)C)c1ccc(Cl)cc1. The Bertz CT molecular complexity index is 311. The Hall–Kier alpha value is -0.180. The van der Waals surface area contributed by atoms with Crippen LogP contribution in [0.25, 0.3) is 0 Å². The molecule has 0 saturated carbocycles. The largest absolute Gasteiger partial charge is 0.309 e. The van der Waals surface area contributed by atoms with E-state index in [0.29, 0.717) is 11.3 Å². The van der Waals surface area contributed by atoms with Crippen molar-refractivity contribution >= 4 is 23.4 Å². The first-order valence-corrected chi connectivity index (χ1v) is 7.66. The maximum atomic E-state index is 5.92. The zero-order valence-electron chi connectivity index (χ0n) is 10.9. The summed E-state index contributed by atoms with van der Waals surface area (Å²) in [5.74, 6) is 1.11. The first kappa shape index (κ1) is 14.9. The minimum absolute atomic E-state index is 0.430. The van der Waals surface area contributed by atoms with Crippen molar-refractivity contribution in [3.05, 3.63) is 34.9 Å². The number of benzene rings is 1. The molecule has 96 valence electrons. The van der Waals surface area contributed by atoms with E-state index in [2.05, 4.69) is 38.2 Å². The molecule has 0 heterocycles. The molecule has 0 spiro atoms. The fourth-order valence-corrected chi connectivity index (χ4v) is 2.59. The van der Waals surface area contributed by atoms with Crippen molar-refractivity contribution in [3.63, 3.8) is 0 Å². The number of rotatable bonds is 7. The molecule has 0 aliphatic heterocycles. The summed E-state index contributed by atoms with van der Waals surface area (Å²) < 4.78 is 0. The highest BCUT2D eigenvalue weighted by Crippen LogP contribution is 2.22. The van der Waals surface area contributed by atoms with E-state index in [-0.39, 0.29) is 0 Å². The zero-order valence-corrected chi connectivity index (χ0v) is 12.4. The van der Waals surface area contributed by atoms with Crippen LogP contribution in [0.2, 0.25) is 5.02 Å². The van der Waals surface area contributed by atoms with Crippen molar-refractivity contribution in [2.75, 3.05) is 12.3 Å². The second-order valence-electron chi connectivity index (χ2n) is 4.44. The maximum Gasteiger partial charge on any atom is 0.0411 e. The molecule has 17 heavy (non-hydrogen) atoms. The van der Waals surface area contributed by atoms with Crippen molar-refractivity contribution in [1.29, 1.82) is 0 Å². The van der Waals surface area contributed by atoms with Crippen molar-refractivity contribution in [2.24, 2.45) is 0 Å². The van der Waals surface area contributed by atoms with Crippen molar-refractivity contribution in [1.82, 2.24) is 5.32 Å². The van der Waals surface area contributed by atoms with Gasteiger partial charge >= 0.3 is 0 Å². The summed E-state index contributed by atoms with van der Waals surface area (Å²) in [5, 5.41) is 5.08. The van der Waals surface area contributed by atoms with Gasteiger partial charge in [-0.05, 0) is 35.9 Å². The Kier molecular flexibility index (Phi) is 7.02. The molecule has 1 unspecified atom stereocenters. The van der Waals surface area contributed by atoms with Crippen LogP contribution in [0, 0.1) is 0 Å². The van der Waals surface area contributed by atoms with Crippen molar-refractivity contribution in [2.45, 2.75) is 38.5 Å². The molecule has 0 amide bonds. The van der Waals surface area contributed by atoms with Gasteiger partial charge < -0.3 is 5.32 Å². The molecule has 1 atom stereocenters. The van der Waals surface area contributed by atoms with Crippen LogP contribution in [0.4, 0.5) is 0 Å². The standard InChI is InChI=1S/C14H22ClNS/c1-4-9-16-14(10-17-11(2)3)12-5-7-13(15)8-6-12/h5-8,11,14,16H,4,9-10H2,1-3H3. The van der Waals surface area contributed by atoms with Crippen molar-refractivity contribution in [3.8, 4) is 0 Å². The van der Waals surface area contributed by atoms with Gasteiger partial charge in [0.25, 0.3) is 0 Å². The van der Waals surface area contributed by atoms with Gasteiger partial charge in [-0.25, -0.2) is 0 Å². The van der Waals surface area contributed by atoms with E-state index in [1.807, 2.05) is 23.9 Å². The highest BCUT2D eigenvalue weighted by Gasteiger charge is 2.11. The molecular formula is C14H22ClNS. The number of hydrogen-bond acceptors (Lipinski definition) is 2. The van der Waals surface area contributed by atoms with Crippen LogP contribution < -0.4 is 5.32 Å². The van der Waals surface area contributed by atoms with E-state index < -0.39 is 0 Å². The van der Waals surface area contributed by atoms with Gasteiger partial charge in [-0.3, -0.25) is 0 Å². The lowest BCUT2D eigenvalue weighted by Gasteiger charge is -2.19. The van der Waals surface area contributed by atoms with Crippen LogP contribution in [0.3, 0.4) is 0 Å². The fourth-order valence-electron chi connectivity index (χ4n) is 1.58. The van der Waals surface area contributed by atoms with Crippen LogP contribution in [0.1, 0.15) is 38.8 Å². The van der Waals surface area contributed by atoms with Gasteiger partial charge in [0.2, 0.25) is 0 Å². The molecule has 1 aromatic carbocycles. The lowest BCUT2D eigenvalue weighted by atomic mass is 10.1. The minimum Gasteiger partial charge on any atom is -0.309 e. The summed E-state index contributed by atoms with van der Waals surface area (Å²) in [4.78, 5) is 0. The zero-order chi connectivity index (χ0) is 12.7. The third-order valence-corrected chi connectivity index (χ3v) is 3.95. The van der Waals surface area contributed by atoms with Gasteiger partial charge in [0, 0.05) is 16.8 Å². The van der Waals surface area contributed by atoms with Gasteiger partial charge in [0.1, 0.15) is 0 Å². The van der Waals surface area contributed by atoms with E-state index >= 15 is 0 Å². The molecular weight excluding hydrogens is 250 g/mol. The molecule has 0 saturated heterocycles. The monoisotopic (exact) mass is 271 g/mol. The number of hydrogen-bond donors (Lipinski definition) is 1. The summed E-state index contributed by atoms with van der Waals surface area (Å²) in [5.41, 5.74) is 1.33. The first-order chi connectivity index (χ1) is 8.13. The third kappa shape index (κ3) is 5.80. The molecule has 0 aliphatic carbocycles. The molecule has 0 aromatic heterocycles. The first-order valence-electron chi connectivity index (χ1n) is 6.24. The third-order valence-electron chi connectivity index (χ3n) is 2.51. The molecule has 0 radical (unpaired) electrons. The van der Waals surface area contributed by atoms with E-state index in [4.69, 9.17) is 11.6 Å². The molecule has 0 bridgehead atoms. The van der Waals surface area contributed by atoms with Gasteiger partial charge in [0.05, 0.1) is 0 Å². The average Bonchev–Trinajstić information content (AvgIpc) is 2.30. The molecule has 1 rings (SSSR count). The summed E-state index contributed by atoms with van der Waals surface area (Å²) in [7, 11) is 0. The number of thioether (sulfide) groups is 1. The molecule has 0 fully saturated rings. The Morgan fingerprint density at radius 1 is 1.24 bits per heavy atom. The van der Waals surface area contributed by atoms with E-state index in [0.717, 1.165) is 23.7 Å². The quantitative estimate of drug-likeness (QED) is 0.782. The van der Waals surface area contributed by atoms with Crippen molar-refractivity contribution < 1.29 is 0 Å². The summed E-state index contributed by atoms with van der Waals surface area (Å²) >= 11 is 7.92. The highest BCUT2D eigenvalue weighted by atomic mass is 35.5. The predicted octanol–water partition coefficient (Wildman–Crippen LogP) is 4.52. The molecule has 1 nitrogen and oxygen atoms in total. The minimum atomic E-state index is 0.430. The lowest BCUT2D eigenvalue weighted by molar-refractivity contribution is 0.577. The molecule has 3 heteroatoms. The van der Waals surface area contributed by atoms with Gasteiger partial charge in [-0.1, -0.05) is 44.5 Å². The predicted molar refractivity (Wildman–Crippen MR) is 80.1 cm³/mol. The number of halogens is 1. The fraction of sp³-hybridized carbons (Fsp3) is 0.571. The summed E-state index contributed by atoms with van der Waals surface area (Å²) in [6.07, 6.45) is 1.16. The molecule has 1 aromatic rings. The highest BCUT2D eigenvalue weighted by molar-refractivity contribution is 7.99. The Morgan fingerprint density at radius 3 is 2.41 bits per heavy atom. The normalized spacial score (nSPS) is 13.0. The van der Waals surface area contributed by atoms with E-state index in [1.165, 1.54) is 5.56 Å². The van der Waals surface area contributed by atoms with Gasteiger partial charge in [-0.15, -0.1) is 0 Å². The maximum absolute atomic E-state index is 5.92. The van der Waals surface area contributed by atoms with Crippen LogP contribution >= 0.6 is 23.4 Å². The van der Waals surface area contributed by atoms with E-state index in [9.17, 15) is 0 Å². The second kappa shape index (κ2) is 8.02. The van der Waals surface area contributed by atoms with Crippen LogP contribution in [0.5, 0.6) is 0 Å². The molecule has 1 N–H and O–H groups in total. The Labute approximate surface area is 114 Å². The lowest BCUT2D eigenvalue weighted by Crippen LogP contribution is -2.24. The average molecular weight is 272 g/mol. The van der Waals surface area contributed by atoms with E-state index in [1.54, 1.807) is 0 Å². The Balaban J connectivity index is 2.63. The summed E-state index contributed by atoms with van der Waals surface area (Å²) in [6, 6.07) is 8.61. The smallest absolute Gasteiger partial charge is 0.0411 e. The van der Waals surface area contributed by atoms with Gasteiger partial charge in [0.15, 0.2) is 0 Å². The summed E-state index contributed by atoms with van der Waals surface area (Å²) in [6.45, 7) is 7.74. The number of nitrogens with one attached hydrogen (secondary N) is 1. The van der Waals surface area contributed by atoms with Crippen LogP contribution in [-0.2, 0) is 0 Å².